The fraction of sp³-hybridized carbons (Fsp3) is 0.706. The number of rotatable bonds is 5. The van der Waals surface area contributed by atoms with Crippen LogP contribution in [0.3, 0.4) is 0 Å². The lowest BCUT2D eigenvalue weighted by Gasteiger charge is -2.19. The topological polar surface area (TPSA) is 28.2 Å². The van der Waals surface area contributed by atoms with E-state index in [-0.39, 0.29) is 0 Å². The van der Waals surface area contributed by atoms with Gasteiger partial charge in [0, 0.05) is 25.8 Å². The molecule has 0 spiro atoms. The fourth-order valence-corrected chi connectivity index (χ4v) is 3.86. The van der Waals surface area contributed by atoms with Crippen molar-refractivity contribution in [1.82, 2.24) is 10.3 Å². The van der Waals surface area contributed by atoms with Gasteiger partial charge in [-0.3, -0.25) is 0 Å². The molecule has 4 heteroatoms. The Balaban J connectivity index is 1.66. The number of pyridine rings is 1. The summed E-state index contributed by atoms with van der Waals surface area (Å²) in [6.45, 7) is 8.64. The van der Waals surface area contributed by atoms with E-state index in [0.717, 1.165) is 35.8 Å². The molecular formula is C17H26ClN3. The molecule has 21 heavy (non-hydrogen) atoms. The van der Waals surface area contributed by atoms with Crippen molar-refractivity contribution in [3.8, 4) is 0 Å². The predicted molar refractivity (Wildman–Crippen MR) is 88.8 cm³/mol. The van der Waals surface area contributed by atoms with Gasteiger partial charge < -0.3 is 10.2 Å². The number of halogens is 1. The van der Waals surface area contributed by atoms with Gasteiger partial charge in [0.25, 0.3) is 0 Å². The van der Waals surface area contributed by atoms with Gasteiger partial charge in [-0.25, -0.2) is 4.98 Å². The average molecular weight is 308 g/mol. The van der Waals surface area contributed by atoms with Crippen LogP contribution in [0, 0.1) is 17.8 Å². The highest BCUT2D eigenvalue weighted by molar-refractivity contribution is 6.31. The molecule has 2 aliphatic rings. The van der Waals surface area contributed by atoms with E-state index < -0.39 is 0 Å². The van der Waals surface area contributed by atoms with Crippen molar-refractivity contribution in [2.24, 2.45) is 17.8 Å². The summed E-state index contributed by atoms with van der Waals surface area (Å²) in [4.78, 5) is 7.01. The molecule has 3 nitrogen and oxygen atoms in total. The number of hydrogen-bond donors (Lipinski definition) is 1. The van der Waals surface area contributed by atoms with E-state index >= 15 is 0 Å². The third-order valence-corrected chi connectivity index (χ3v) is 5.18. The van der Waals surface area contributed by atoms with Gasteiger partial charge in [0.2, 0.25) is 0 Å². The first-order chi connectivity index (χ1) is 10.1. The summed E-state index contributed by atoms with van der Waals surface area (Å²) in [6.07, 6.45) is 6.04. The Morgan fingerprint density at radius 3 is 2.71 bits per heavy atom. The van der Waals surface area contributed by atoms with Crippen LogP contribution in [-0.4, -0.2) is 24.6 Å². The van der Waals surface area contributed by atoms with Crippen LogP contribution in [0.2, 0.25) is 5.02 Å². The van der Waals surface area contributed by atoms with Crippen molar-refractivity contribution in [2.75, 3.05) is 24.5 Å². The number of hydrogen-bond acceptors (Lipinski definition) is 3. The van der Waals surface area contributed by atoms with E-state index in [1.165, 1.54) is 37.9 Å². The van der Waals surface area contributed by atoms with E-state index in [1.54, 1.807) is 0 Å². The van der Waals surface area contributed by atoms with Crippen LogP contribution in [-0.2, 0) is 6.54 Å². The summed E-state index contributed by atoms with van der Waals surface area (Å²) in [5.74, 6) is 3.55. The second-order valence-electron chi connectivity index (χ2n) is 7.01. The van der Waals surface area contributed by atoms with Gasteiger partial charge in [0.15, 0.2) is 0 Å². The maximum Gasteiger partial charge on any atom is 0.128 e. The highest BCUT2D eigenvalue weighted by Gasteiger charge is 2.36. The van der Waals surface area contributed by atoms with E-state index in [0.29, 0.717) is 5.92 Å². The lowest BCUT2D eigenvalue weighted by atomic mass is 10.0. The quantitative estimate of drug-likeness (QED) is 0.898. The molecule has 2 heterocycles. The van der Waals surface area contributed by atoms with Gasteiger partial charge in [-0.1, -0.05) is 31.9 Å². The molecule has 0 bridgehead atoms. The SMILES string of the molecule is CC(C)CNCc1cc(N2CC3CCCC3C2)ncc1Cl. The van der Waals surface area contributed by atoms with Crippen LogP contribution in [0.4, 0.5) is 5.82 Å². The first-order valence-electron chi connectivity index (χ1n) is 8.23. The lowest BCUT2D eigenvalue weighted by Crippen LogP contribution is -2.23. The predicted octanol–water partition coefficient (Wildman–Crippen LogP) is 3.72. The van der Waals surface area contributed by atoms with Crippen LogP contribution in [0.25, 0.3) is 0 Å². The number of nitrogens with zero attached hydrogens (tertiary/aromatic N) is 2. The van der Waals surface area contributed by atoms with E-state index in [2.05, 4.69) is 35.1 Å². The van der Waals surface area contributed by atoms with Gasteiger partial charge in [-0.05, 0) is 48.8 Å². The highest BCUT2D eigenvalue weighted by atomic mass is 35.5. The Bertz CT molecular complexity index is 477. The minimum atomic E-state index is 0.656. The molecule has 0 radical (unpaired) electrons. The van der Waals surface area contributed by atoms with Crippen molar-refractivity contribution in [3.05, 3.63) is 22.8 Å². The third-order valence-electron chi connectivity index (χ3n) is 4.84. The van der Waals surface area contributed by atoms with Crippen LogP contribution in [0.1, 0.15) is 38.7 Å². The number of anilines is 1. The van der Waals surface area contributed by atoms with Crippen molar-refractivity contribution in [2.45, 2.75) is 39.7 Å². The number of aromatic nitrogens is 1. The van der Waals surface area contributed by atoms with Crippen molar-refractivity contribution in [1.29, 1.82) is 0 Å². The smallest absolute Gasteiger partial charge is 0.128 e. The Labute approximate surface area is 133 Å². The monoisotopic (exact) mass is 307 g/mol. The fourth-order valence-electron chi connectivity index (χ4n) is 3.69. The lowest BCUT2D eigenvalue weighted by molar-refractivity contribution is 0.494. The summed E-state index contributed by atoms with van der Waals surface area (Å²) in [6, 6.07) is 2.18. The summed E-state index contributed by atoms with van der Waals surface area (Å²) < 4.78 is 0. The Kier molecular flexibility index (Phi) is 4.70. The zero-order chi connectivity index (χ0) is 14.8. The molecule has 1 aliphatic carbocycles. The minimum absolute atomic E-state index is 0.656. The second-order valence-corrected chi connectivity index (χ2v) is 7.42. The third kappa shape index (κ3) is 3.51. The summed E-state index contributed by atoms with van der Waals surface area (Å²) in [7, 11) is 0. The Morgan fingerprint density at radius 1 is 1.33 bits per heavy atom. The molecule has 1 aromatic rings. The van der Waals surface area contributed by atoms with Gasteiger partial charge in [0.05, 0.1) is 5.02 Å². The standard InChI is InChI=1S/C17H26ClN3/c1-12(2)7-19-8-15-6-17(20-9-16(15)18)21-10-13-4-3-5-14(13)11-21/h6,9,12-14,19H,3-5,7-8,10-11H2,1-2H3. The zero-order valence-electron chi connectivity index (χ0n) is 13.1. The number of nitrogens with one attached hydrogen (secondary N) is 1. The van der Waals surface area contributed by atoms with Crippen LogP contribution in [0.5, 0.6) is 0 Å². The molecule has 2 atom stereocenters. The molecule has 2 unspecified atom stereocenters. The van der Waals surface area contributed by atoms with Crippen LogP contribution >= 0.6 is 11.6 Å². The molecular weight excluding hydrogens is 282 g/mol. The Morgan fingerprint density at radius 2 is 2.05 bits per heavy atom. The average Bonchev–Trinajstić information content (AvgIpc) is 3.01. The second kappa shape index (κ2) is 6.53. The van der Waals surface area contributed by atoms with Crippen molar-refractivity contribution in [3.63, 3.8) is 0 Å². The van der Waals surface area contributed by atoms with Gasteiger partial charge >= 0.3 is 0 Å². The summed E-state index contributed by atoms with van der Waals surface area (Å²) in [5.41, 5.74) is 1.17. The first-order valence-corrected chi connectivity index (χ1v) is 8.61. The van der Waals surface area contributed by atoms with Crippen molar-refractivity contribution < 1.29 is 0 Å². The molecule has 2 fully saturated rings. The normalized spacial score (nSPS) is 24.9. The minimum Gasteiger partial charge on any atom is -0.356 e. The first kappa shape index (κ1) is 15.1. The van der Waals surface area contributed by atoms with Gasteiger partial charge in [0.1, 0.15) is 5.82 Å². The van der Waals surface area contributed by atoms with Crippen molar-refractivity contribution >= 4 is 17.4 Å². The number of fused-ring (bicyclic) bond motifs is 1. The maximum absolute atomic E-state index is 6.29. The highest BCUT2D eigenvalue weighted by Crippen LogP contribution is 2.39. The molecule has 0 amide bonds. The molecule has 0 aromatic carbocycles. The van der Waals surface area contributed by atoms with E-state index in [4.69, 9.17) is 11.6 Å². The Hall–Kier alpha value is -0.800. The molecule has 1 saturated heterocycles. The largest absolute Gasteiger partial charge is 0.356 e. The molecule has 116 valence electrons. The molecule has 1 saturated carbocycles. The zero-order valence-corrected chi connectivity index (χ0v) is 13.9. The van der Waals surface area contributed by atoms with E-state index in [1.807, 2.05) is 6.20 Å². The summed E-state index contributed by atoms with van der Waals surface area (Å²) in [5, 5.41) is 4.24. The van der Waals surface area contributed by atoms with Crippen LogP contribution in [0.15, 0.2) is 12.3 Å². The molecule has 1 aromatic heterocycles. The van der Waals surface area contributed by atoms with Gasteiger partial charge in [-0.15, -0.1) is 0 Å². The molecule has 1 N–H and O–H groups in total. The summed E-state index contributed by atoms with van der Waals surface area (Å²) >= 11 is 6.29. The van der Waals surface area contributed by atoms with E-state index in [9.17, 15) is 0 Å². The maximum atomic E-state index is 6.29. The van der Waals surface area contributed by atoms with Gasteiger partial charge in [-0.2, -0.15) is 0 Å². The molecule has 1 aliphatic heterocycles. The van der Waals surface area contributed by atoms with Crippen LogP contribution < -0.4 is 10.2 Å². The molecule has 3 rings (SSSR count).